The Labute approximate surface area is 121 Å². The summed E-state index contributed by atoms with van der Waals surface area (Å²) < 4.78 is 0. The van der Waals surface area contributed by atoms with Crippen LogP contribution in [0.2, 0.25) is 0 Å². The second-order valence-corrected chi connectivity index (χ2v) is 5.15. The highest BCUT2D eigenvalue weighted by atomic mass is 16.2. The smallest absolute Gasteiger partial charge is 0.224 e. The van der Waals surface area contributed by atoms with Gasteiger partial charge in [0, 0.05) is 24.1 Å². The van der Waals surface area contributed by atoms with E-state index in [1.165, 1.54) is 0 Å². The monoisotopic (exact) mass is 273 g/mol. The van der Waals surface area contributed by atoms with Crippen molar-refractivity contribution in [3.8, 4) is 11.8 Å². The molecular formula is C17H23NO2. The van der Waals surface area contributed by atoms with Crippen molar-refractivity contribution in [1.29, 1.82) is 0 Å². The van der Waals surface area contributed by atoms with E-state index >= 15 is 0 Å². The van der Waals surface area contributed by atoms with Crippen molar-refractivity contribution >= 4 is 11.6 Å². The molecule has 0 spiro atoms. The zero-order chi connectivity index (χ0) is 15.0. The van der Waals surface area contributed by atoms with Crippen LogP contribution in [0.1, 0.15) is 44.7 Å². The summed E-state index contributed by atoms with van der Waals surface area (Å²) in [6, 6.07) is 5.80. The lowest BCUT2D eigenvalue weighted by Gasteiger charge is -2.11. The molecule has 1 aromatic carbocycles. The molecule has 0 saturated heterocycles. The van der Waals surface area contributed by atoms with Crippen molar-refractivity contribution in [2.24, 2.45) is 5.92 Å². The number of benzene rings is 1. The first-order chi connectivity index (χ1) is 9.56. The number of aliphatic hydroxyl groups is 1. The van der Waals surface area contributed by atoms with Gasteiger partial charge in [-0.1, -0.05) is 32.6 Å². The number of nitrogens with one attached hydrogen (secondary N) is 1. The van der Waals surface area contributed by atoms with E-state index < -0.39 is 0 Å². The molecule has 0 aliphatic heterocycles. The number of rotatable bonds is 5. The van der Waals surface area contributed by atoms with E-state index in [4.69, 9.17) is 5.11 Å². The average Bonchev–Trinajstić information content (AvgIpc) is 2.39. The number of carbonyl (C=O) groups is 1. The third-order valence-electron chi connectivity index (χ3n) is 2.82. The van der Waals surface area contributed by atoms with Gasteiger partial charge in [-0.2, -0.15) is 0 Å². The summed E-state index contributed by atoms with van der Waals surface area (Å²) in [5.41, 5.74) is 2.86. The third kappa shape index (κ3) is 5.46. The molecule has 0 aliphatic rings. The predicted octanol–water partition coefficient (Wildman–Crippen LogP) is 2.97. The number of aryl methyl sites for hydroxylation is 1. The first kappa shape index (κ1) is 16.3. The standard InChI is InChI=1S/C17H23NO2/c1-4-15-12-14(7-5-6-10-19)8-9-16(15)18-17(20)11-13(2)3/h8-9,12-13,19H,4,6,10-11H2,1-3H3,(H,18,20). The van der Waals surface area contributed by atoms with Gasteiger partial charge in [0.25, 0.3) is 0 Å². The topological polar surface area (TPSA) is 49.3 Å². The van der Waals surface area contributed by atoms with Crippen molar-refractivity contribution in [3.63, 3.8) is 0 Å². The van der Waals surface area contributed by atoms with Crippen LogP contribution in [0.15, 0.2) is 18.2 Å². The molecule has 0 bridgehead atoms. The number of anilines is 1. The van der Waals surface area contributed by atoms with Crippen molar-refractivity contribution < 1.29 is 9.90 Å². The van der Waals surface area contributed by atoms with Gasteiger partial charge in [0.2, 0.25) is 5.91 Å². The van der Waals surface area contributed by atoms with Crippen molar-refractivity contribution in [1.82, 2.24) is 0 Å². The Morgan fingerprint density at radius 2 is 2.15 bits per heavy atom. The van der Waals surface area contributed by atoms with Crippen LogP contribution < -0.4 is 5.32 Å². The van der Waals surface area contributed by atoms with Crippen LogP contribution in [-0.4, -0.2) is 17.6 Å². The summed E-state index contributed by atoms with van der Waals surface area (Å²) in [5, 5.41) is 11.7. The highest BCUT2D eigenvalue weighted by Gasteiger charge is 2.08. The largest absolute Gasteiger partial charge is 0.395 e. The summed E-state index contributed by atoms with van der Waals surface area (Å²) >= 11 is 0. The summed E-state index contributed by atoms with van der Waals surface area (Å²) in [6.45, 7) is 6.19. The molecule has 0 aromatic heterocycles. The Kier molecular flexibility index (Phi) is 6.83. The van der Waals surface area contributed by atoms with Crippen molar-refractivity contribution in [2.75, 3.05) is 11.9 Å². The van der Waals surface area contributed by atoms with Crippen LogP contribution in [0.4, 0.5) is 5.69 Å². The molecule has 3 heteroatoms. The zero-order valence-electron chi connectivity index (χ0n) is 12.5. The maximum atomic E-state index is 11.8. The minimum Gasteiger partial charge on any atom is -0.395 e. The second kappa shape index (κ2) is 8.39. The molecule has 3 nitrogen and oxygen atoms in total. The highest BCUT2D eigenvalue weighted by Crippen LogP contribution is 2.19. The van der Waals surface area contributed by atoms with E-state index in [0.29, 0.717) is 18.8 Å². The van der Waals surface area contributed by atoms with Gasteiger partial charge in [-0.25, -0.2) is 0 Å². The molecule has 1 rings (SSSR count). The van der Waals surface area contributed by atoms with Gasteiger partial charge in [0.1, 0.15) is 0 Å². The van der Waals surface area contributed by atoms with Crippen molar-refractivity contribution in [2.45, 2.75) is 40.0 Å². The molecule has 2 N–H and O–H groups in total. The summed E-state index contributed by atoms with van der Waals surface area (Å²) in [6.07, 6.45) is 1.85. The van der Waals surface area contributed by atoms with Gasteiger partial charge in [-0.05, 0) is 36.1 Å². The van der Waals surface area contributed by atoms with E-state index in [9.17, 15) is 4.79 Å². The molecular weight excluding hydrogens is 250 g/mol. The fourth-order valence-electron chi connectivity index (χ4n) is 1.88. The Morgan fingerprint density at radius 1 is 1.40 bits per heavy atom. The quantitative estimate of drug-likeness (QED) is 0.810. The highest BCUT2D eigenvalue weighted by molar-refractivity contribution is 5.91. The molecule has 108 valence electrons. The SMILES string of the molecule is CCc1cc(C#CCCO)ccc1NC(=O)CC(C)C. The van der Waals surface area contributed by atoms with Crippen LogP contribution in [0.25, 0.3) is 0 Å². The van der Waals surface area contributed by atoms with E-state index in [-0.39, 0.29) is 12.5 Å². The Hall–Kier alpha value is -1.79. The molecule has 0 atom stereocenters. The van der Waals surface area contributed by atoms with E-state index in [2.05, 4.69) is 24.1 Å². The number of carbonyl (C=O) groups excluding carboxylic acids is 1. The molecule has 0 aliphatic carbocycles. The minimum absolute atomic E-state index is 0.0498. The van der Waals surface area contributed by atoms with Gasteiger partial charge in [0.05, 0.1) is 6.61 Å². The van der Waals surface area contributed by atoms with Gasteiger partial charge in [0.15, 0.2) is 0 Å². The lowest BCUT2D eigenvalue weighted by molar-refractivity contribution is -0.116. The van der Waals surface area contributed by atoms with Crippen molar-refractivity contribution in [3.05, 3.63) is 29.3 Å². The number of aliphatic hydroxyl groups excluding tert-OH is 1. The van der Waals surface area contributed by atoms with Crippen LogP contribution in [0, 0.1) is 17.8 Å². The van der Waals surface area contributed by atoms with E-state index in [1.54, 1.807) is 0 Å². The molecule has 0 radical (unpaired) electrons. The lowest BCUT2D eigenvalue weighted by atomic mass is 10.1. The lowest BCUT2D eigenvalue weighted by Crippen LogP contribution is -2.15. The van der Waals surface area contributed by atoms with Crippen LogP contribution in [0.5, 0.6) is 0 Å². The molecule has 0 unspecified atom stereocenters. The van der Waals surface area contributed by atoms with E-state index in [0.717, 1.165) is 23.2 Å². The zero-order valence-corrected chi connectivity index (χ0v) is 12.5. The van der Waals surface area contributed by atoms with Crippen LogP contribution in [-0.2, 0) is 11.2 Å². The Morgan fingerprint density at radius 3 is 2.75 bits per heavy atom. The van der Waals surface area contributed by atoms with Crippen LogP contribution >= 0.6 is 0 Å². The molecule has 1 aromatic rings. The predicted molar refractivity (Wildman–Crippen MR) is 82.5 cm³/mol. The number of hydrogen-bond donors (Lipinski definition) is 2. The molecule has 0 saturated carbocycles. The summed E-state index contributed by atoms with van der Waals surface area (Å²) in [4.78, 5) is 11.8. The van der Waals surface area contributed by atoms with E-state index in [1.807, 2.05) is 32.0 Å². The Bertz CT molecular complexity index is 509. The van der Waals surface area contributed by atoms with Gasteiger partial charge < -0.3 is 10.4 Å². The number of amides is 1. The first-order valence-electron chi connectivity index (χ1n) is 7.09. The maximum absolute atomic E-state index is 11.8. The maximum Gasteiger partial charge on any atom is 0.224 e. The normalized spacial score (nSPS) is 10.1. The minimum atomic E-state index is 0.0498. The molecule has 0 heterocycles. The molecule has 0 fully saturated rings. The fraction of sp³-hybridized carbons (Fsp3) is 0.471. The summed E-state index contributed by atoms with van der Waals surface area (Å²) in [7, 11) is 0. The molecule has 20 heavy (non-hydrogen) atoms. The first-order valence-corrected chi connectivity index (χ1v) is 7.09. The van der Waals surface area contributed by atoms with Gasteiger partial charge in [-0.15, -0.1) is 0 Å². The average molecular weight is 273 g/mol. The fourth-order valence-corrected chi connectivity index (χ4v) is 1.88. The van der Waals surface area contributed by atoms with Gasteiger partial charge >= 0.3 is 0 Å². The summed E-state index contributed by atoms with van der Waals surface area (Å²) in [5.74, 6) is 6.31. The Balaban J connectivity index is 2.83. The van der Waals surface area contributed by atoms with Gasteiger partial charge in [-0.3, -0.25) is 4.79 Å². The van der Waals surface area contributed by atoms with Crippen LogP contribution in [0.3, 0.4) is 0 Å². The second-order valence-electron chi connectivity index (χ2n) is 5.15. The third-order valence-corrected chi connectivity index (χ3v) is 2.82. The number of hydrogen-bond acceptors (Lipinski definition) is 2. The molecule has 1 amide bonds.